The summed E-state index contributed by atoms with van der Waals surface area (Å²) in [5.74, 6) is -0.144. The fraction of sp³-hybridized carbons (Fsp3) is 0.0870. The Morgan fingerprint density at radius 2 is 1.66 bits per heavy atom. The summed E-state index contributed by atoms with van der Waals surface area (Å²) >= 11 is 12.0. The zero-order valence-corrected chi connectivity index (χ0v) is 18.4. The van der Waals surface area contributed by atoms with Crippen LogP contribution in [0.1, 0.15) is 15.9 Å². The number of hydrogen-bond donors (Lipinski definition) is 1. The molecule has 0 radical (unpaired) electrons. The zero-order chi connectivity index (χ0) is 22.9. The van der Waals surface area contributed by atoms with E-state index in [0.717, 1.165) is 0 Å². The first kappa shape index (κ1) is 23.1. The molecule has 0 heterocycles. The molecule has 164 valence electrons. The van der Waals surface area contributed by atoms with Gasteiger partial charge in [0.25, 0.3) is 5.91 Å². The van der Waals surface area contributed by atoms with Gasteiger partial charge in [-0.15, -0.1) is 0 Å². The van der Waals surface area contributed by atoms with Crippen molar-refractivity contribution in [3.05, 3.63) is 87.9 Å². The third kappa shape index (κ3) is 6.23. The standard InChI is InChI=1S/C23H18Cl2N2O5/c1-30-21-12-15(10-11-20(21)32-23(29)16-6-2-3-7-17(16)24)13-26-27-22(28)14-31-19-9-5-4-8-18(19)25/h2-13H,14H2,1H3,(H,27,28)/b26-13+. The van der Waals surface area contributed by atoms with E-state index in [-0.39, 0.29) is 22.9 Å². The van der Waals surface area contributed by atoms with Gasteiger partial charge in [-0.2, -0.15) is 5.10 Å². The molecule has 0 fully saturated rings. The number of nitrogens with one attached hydrogen (secondary N) is 1. The Kier molecular flexibility index (Phi) is 8.08. The Morgan fingerprint density at radius 1 is 0.938 bits per heavy atom. The van der Waals surface area contributed by atoms with Gasteiger partial charge in [0.2, 0.25) is 0 Å². The number of benzene rings is 3. The maximum Gasteiger partial charge on any atom is 0.345 e. The molecule has 9 heteroatoms. The van der Waals surface area contributed by atoms with Crippen molar-refractivity contribution in [2.24, 2.45) is 5.10 Å². The molecule has 0 aliphatic heterocycles. The van der Waals surface area contributed by atoms with Crippen LogP contribution in [0.3, 0.4) is 0 Å². The van der Waals surface area contributed by atoms with Crippen molar-refractivity contribution < 1.29 is 23.8 Å². The first-order valence-corrected chi connectivity index (χ1v) is 10.1. The smallest absolute Gasteiger partial charge is 0.345 e. The summed E-state index contributed by atoms with van der Waals surface area (Å²) in [6.45, 7) is -0.249. The first-order chi connectivity index (χ1) is 15.5. The highest BCUT2D eigenvalue weighted by Gasteiger charge is 2.15. The summed E-state index contributed by atoms with van der Waals surface area (Å²) in [5, 5.41) is 4.58. The minimum Gasteiger partial charge on any atom is -0.493 e. The molecule has 0 unspecified atom stereocenters. The van der Waals surface area contributed by atoms with Gasteiger partial charge in [0.05, 0.1) is 28.9 Å². The van der Waals surface area contributed by atoms with Gasteiger partial charge < -0.3 is 14.2 Å². The predicted molar refractivity (Wildman–Crippen MR) is 122 cm³/mol. The van der Waals surface area contributed by atoms with E-state index in [9.17, 15) is 9.59 Å². The fourth-order valence-electron chi connectivity index (χ4n) is 2.55. The van der Waals surface area contributed by atoms with Crippen LogP contribution in [-0.2, 0) is 4.79 Å². The van der Waals surface area contributed by atoms with Crippen LogP contribution in [0.4, 0.5) is 0 Å². The van der Waals surface area contributed by atoms with Crippen molar-refractivity contribution in [2.75, 3.05) is 13.7 Å². The van der Waals surface area contributed by atoms with Gasteiger partial charge in [-0.1, -0.05) is 47.5 Å². The summed E-state index contributed by atoms with van der Waals surface area (Å²) in [7, 11) is 1.44. The number of nitrogens with zero attached hydrogens (tertiary/aromatic N) is 1. The molecule has 32 heavy (non-hydrogen) atoms. The van der Waals surface area contributed by atoms with Crippen molar-refractivity contribution in [3.8, 4) is 17.2 Å². The average molecular weight is 473 g/mol. The van der Waals surface area contributed by atoms with Crippen LogP contribution in [-0.4, -0.2) is 31.8 Å². The molecule has 1 N–H and O–H groups in total. The lowest BCUT2D eigenvalue weighted by Gasteiger charge is -2.10. The molecular weight excluding hydrogens is 455 g/mol. The van der Waals surface area contributed by atoms with Crippen molar-refractivity contribution in [1.29, 1.82) is 0 Å². The van der Waals surface area contributed by atoms with Crippen LogP contribution in [0.2, 0.25) is 10.0 Å². The summed E-state index contributed by atoms with van der Waals surface area (Å²) < 4.78 is 16.0. The fourth-order valence-corrected chi connectivity index (χ4v) is 2.95. The summed E-state index contributed by atoms with van der Waals surface area (Å²) in [6.07, 6.45) is 1.41. The summed E-state index contributed by atoms with van der Waals surface area (Å²) in [6, 6.07) is 18.2. The molecule has 3 rings (SSSR count). The van der Waals surface area contributed by atoms with E-state index >= 15 is 0 Å². The van der Waals surface area contributed by atoms with Crippen LogP contribution in [0.15, 0.2) is 71.8 Å². The van der Waals surface area contributed by atoms with Gasteiger partial charge >= 0.3 is 5.97 Å². The van der Waals surface area contributed by atoms with Gasteiger partial charge in [0, 0.05) is 0 Å². The number of methoxy groups -OCH3 is 1. The monoisotopic (exact) mass is 472 g/mol. The highest BCUT2D eigenvalue weighted by Crippen LogP contribution is 2.29. The minimum absolute atomic E-state index is 0.215. The third-order valence-electron chi connectivity index (χ3n) is 4.08. The average Bonchev–Trinajstić information content (AvgIpc) is 2.79. The molecule has 0 aromatic heterocycles. The van der Waals surface area contributed by atoms with Gasteiger partial charge in [-0.25, -0.2) is 10.2 Å². The molecule has 0 atom stereocenters. The van der Waals surface area contributed by atoms with Crippen LogP contribution in [0.5, 0.6) is 17.2 Å². The van der Waals surface area contributed by atoms with Crippen molar-refractivity contribution >= 4 is 41.3 Å². The highest BCUT2D eigenvalue weighted by molar-refractivity contribution is 6.33. The second-order valence-electron chi connectivity index (χ2n) is 6.29. The Morgan fingerprint density at radius 3 is 2.38 bits per heavy atom. The number of carbonyl (C=O) groups is 2. The number of carbonyl (C=O) groups excluding carboxylic acids is 2. The van der Waals surface area contributed by atoms with E-state index in [1.165, 1.54) is 13.3 Å². The van der Waals surface area contributed by atoms with Gasteiger partial charge in [-0.3, -0.25) is 4.79 Å². The van der Waals surface area contributed by atoms with E-state index in [1.54, 1.807) is 66.7 Å². The lowest BCUT2D eigenvalue weighted by molar-refractivity contribution is -0.123. The van der Waals surface area contributed by atoms with E-state index in [2.05, 4.69) is 10.5 Å². The molecule has 0 bridgehead atoms. The first-order valence-electron chi connectivity index (χ1n) is 9.32. The molecular formula is C23H18Cl2N2O5. The molecule has 1 amide bonds. The van der Waals surface area contributed by atoms with Crippen molar-refractivity contribution in [2.45, 2.75) is 0 Å². The number of amides is 1. The second-order valence-corrected chi connectivity index (χ2v) is 7.11. The normalized spacial score (nSPS) is 10.6. The van der Waals surface area contributed by atoms with Crippen LogP contribution >= 0.6 is 23.2 Å². The molecule has 3 aromatic rings. The highest BCUT2D eigenvalue weighted by atomic mass is 35.5. The molecule has 0 saturated heterocycles. The Labute approximate surface area is 194 Å². The molecule has 0 spiro atoms. The SMILES string of the molecule is COc1cc(/C=N/NC(=O)COc2ccccc2Cl)ccc1OC(=O)c1ccccc1Cl. The van der Waals surface area contributed by atoms with Gasteiger partial charge in [-0.05, 0) is 48.0 Å². The number of hydrazone groups is 1. The quantitative estimate of drug-likeness (QED) is 0.221. The Balaban J connectivity index is 1.58. The van der Waals surface area contributed by atoms with E-state index in [4.69, 9.17) is 37.4 Å². The van der Waals surface area contributed by atoms with Crippen LogP contribution in [0, 0.1) is 0 Å². The van der Waals surface area contributed by atoms with Crippen molar-refractivity contribution in [3.63, 3.8) is 0 Å². The molecule has 0 aliphatic carbocycles. The topological polar surface area (TPSA) is 86.2 Å². The number of esters is 1. The van der Waals surface area contributed by atoms with E-state index in [0.29, 0.717) is 22.1 Å². The lowest BCUT2D eigenvalue weighted by atomic mass is 10.2. The number of para-hydroxylation sites is 1. The number of rotatable bonds is 8. The zero-order valence-electron chi connectivity index (χ0n) is 16.9. The van der Waals surface area contributed by atoms with E-state index < -0.39 is 11.9 Å². The minimum atomic E-state index is -0.610. The molecule has 7 nitrogen and oxygen atoms in total. The van der Waals surface area contributed by atoms with Gasteiger partial charge in [0.15, 0.2) is 18.1 Å². The Bertz CT molecular complexity index is 1150. The predicted octanol–water partition coefficient (Wildman–Crippen LogP) is 4.75. The Hall–Kier alpha value is -3.55. The lowest BCUT2D eigenvalue weighted by Crippen LogP contribution is -2.24. The van der Waals surface area contributed by atoms with Crippen LogP contribution in [0.25, 0.3) is 0 Å². The van der Waals surface area contributed by atoms with E-state index in [1.807, 2.05) is 0 Å². The van der Waals surface area contributed by atoms with Crippen LogP contribution < -0.4 is 19.6 Å². The second kappa shape index (κ2) is 11.2. The third-order valence-corrected chi connectivity index (χ3v) is 4.72. The molecule has 0 aliphatic rings. The maximum atomic E-state index is 12.4. The number of ether oxygens (including phenoxy) is 3. The maximum absolute atomic E-state index is 12.4. The largest absolute Gasteiger partial charge is 0.493 e. The summed E-state index contributed by atoms with van der Waals surface area (Å²) in [4.78, 5) is 24.3. The van der Waals surface area contributed by atoms with Gasteiger partial charge in [0.1, 0.15) is 5.75 Å². The van der Waals surface area contributed by atoms with Crippen molar-refractivity contribution in [1.82, 2.24) is 5.43 Å². The summed E-state index contributed by atoms with van der Waals surface area (Å²) in [5.41, 5.74) is 3.20. The molecule has 0 saturated carbocycles. The molecule has 3 aromatic carbocycles. The number of hydrogen-bond acceptors (Lipinski definition) is 6. The number of halogens is 2.